The summed E-state index contributed by atoms with van der Waals surface area (Å²) in [4.78, 5) is 24.0. The largest absolute Gasteiger partial charge is 0.452 e. The van der Waals surface area contributed by atoms with Crippen molar-refractivity contribution in [2.24, 2.45) is 0 Å². The van der Waals surface area contributed by atoms with E-state index in [9.17, 15) is 18.0 Å². The smallest absolute Gasteiger partial charge is 0.321 e. The Labute approximate surface area is 158 Å². The molecule has 0 spiro atoms. The van der Waals surface area contributed by atoms with Gasteiger partial charge < -0.3 is 10.1 Å². The van der Waals surface area contributed by atoms with Crippen LogP contribution in [0.3, 0.4) is 0 Å². The third-order valence-corrected chi connectivity index (χ3v) is 5.18. The zero-order valence-corrected chi connectivity index (χ0v) is 16.0. The van der Waals surface area contributed by atoms with Crippen molar-refractivity contribution in [1.29, 1.82) is 0 Å². The molecule has 27 heavy (non-hydrogen) atoms. The van der Waals surface area contributed by atoms with E-state index in [-0.39, 0.29) is 4.90 Å². The number of carbonyl (C=O) groups excluding carboxylic acids is 2. The highest BCUT2D eigenvalue weighted by molar-refractivity contribution is 7.89. The fourth-order valence-electron chi connectivity index (χ4n) is 2.20. The molecule has 0 unspecified atom stereocenters. The summed E-state index contributed by atoms with van der Waals surface area (Å²) in [5.41, 5.74) is 1.73. The molecule has 0 radical (unpaired) electrons. The van der Waals surface area contributed by atoms with Crippen LogP contribution in [-0.2, 0) is 30.8 Å². The number of nitrogens with one attached hydrogen (secondary N) is 2. The van der Waals surface area contributed by atoms with Crippen LogP contribution in [0.1, 0.15) is 19.4 Å². The zero-order chi connectivity index (χ0) is 19.9. The molecule has 0 saturated carbocycles. The first-order valence-electron chi connectivity index (χ1n) is 8.46. The lowest BCUT2D eigenvalue weighted by atomic mass is 10.1. The van der Waals surface area contributed by atoms with Crippen LogP contribution in [0.4, 0.5) is 5.69 Å². The number of benzene rings is 2. The van der Waals surface area contributed by atoms with Gasteiger partial charge in [0.1, 0.15) is 6.54 Å². The molecule has 0 aliphatic heterocycles. The maximum absolute atomic E-state index is 12.1. The topological polar surface area (TPSA) is 102 Å². The molecule has 0 saturated heterocycles. The van der Waals surface area contributed by atoms with Gasteiger partial charge in [0, 0.05) is 5.69 Å². The maximum atomic E-state index is 12.1. The normalized spacial score (nSPS) is 12.2. The van der Waals surface area contributed by atoms with Crippen molar-refractivity contribution in [3.63, 3.8) is 0 Å². The number of rotatable bonds is 8. The van der Waals surface area contributed by atoms with Crippen molar-refractivity contribution in [3.8, 4) is 0 Å². The molecule has 8 heteroatoms. The van der Waals surface area contributed by atoms with Gasteiger partial charge >= 0.3 is 5.97 Å². The van der Waals surface area contributed by atoms with Crippen molar-refractivity contribution in [2.75, 3.05) is 11.9 Å². The second-order valence-electron chi connectivity index (χ2n) is 5.81. The number of aryl methyl sites for hydroxylation is 1. The molecule has 0 aliphatic rings. The Bertz CT molecular complexity index is 880. The highest BCUT2D eigenvalue weighted by Crippen LogP contribution is 2.11. The second-order valence-corrected chi connectivity index (χ2v) is 7.58. The Kier molecular flexibility index (Phi) is 7.09. The first-order chi connectivity index (χ1) is 12.8. The lowest BCUT2D eigenvalue weighted by Gasteiger charge is -2.14. The Morgan fingerprint density at radius 2 is 1.67 bits per heavy atom. The van der Waals surface area contributed by atoms with Crippen molar-refractivity contribution in [1.82, 2.24) is 4.72 Å². The monoisotopic (exact) mass is 390 g/mol. The summed E-state index contributed by atoms with van der Waals surface area (Å²) in [6.45, 7) is 2.88. The standard InChI is InChI=1S/C19H22N2O5S/c1-3-15-9-11-16(12-10-15)21-19(23)14(2)26-18(22)13-20-27(24,25)17-7-5-4-6-8-17/h4-12,14,20H,3,13H2,1-2H3,(H,21,23)/t14-/m0/s1. The van der Waals surface area contributed by atoms with E-state index in [0.29, 0.717) is 5.69 Å². The molecule has 0 fully saturated rings. The molecule has 2 N–H and O–H groups in total. The third kappa shape index (κ3) is 6.19. The molecular weight excluding hydrogens is 368 g/mol. The van der Waals surface area contributed by atoms with E-state index in [1.165, 1.54) is 19.1 Å². The number of esters is 1. The fourth-order valence-corrected chi connectivity index (χ4v) is 3.19. The number of sulfonamides is 1. The molecule has 0 heterocycles. The molecule has 1 amide bonds. The summed E-state index contributed by atoms with van der Waals surface area (Å²) in [6.07, 6.45) is -0.175. The van der Waals surface area contributed by atoms with Crippen molar-refractivity contribution < 1.29 is 22.7 Å². The Hall–Kier alpha value is -2.71. The Morgan fingerprint density at radius 1 is 1.04 bits per heavy atom. The minimum atomic E-state index is -3.82. The van der Waals surface area contributed by atoms with Crippen LogP contribution < -0.4 is 10.0 Å². The summed E-state index contributed by atoms with van der Waals surface area (Å²) in [7, 11) is -3.82. The molecule has 0 bridgehead atoms. The van der Waals surface area contributed by atoms with E-state index in [4.69, 9.17) is 4.74 Å². The summed E-state index contributed by atoms with van der Waals surface area (Å²) in [5, 5.41) is 2.64. The first kappa shape index (κ1) is 20.6. The summed E-state index contributed by atoms with van der Waals surface area (Å²) < 4.78 is 31.2. The minimum absolute atomic E-state index is 0.0408. The molecule has 0 aliphatic carbocycles. The van der Waals surface area contributed by atoms with Crippen LogP contribution in [0.2, 0.25) is 0 Å². The fraction of sp³-hybridized carbons (Fsp3) is 0.263. The van der Waals surface area contributed by atoms with Crippen LogP contribution >= 0.6 is 0 Å². The number of hydrogen-bond donors (Lipinski definition) is 2. The van der Waals surface area contributed by atoms with Gasteiger partial charge in [-0.1, -0.05) is 37.3 Å². The minimum Gasteiger partial charge on any atom is -0.452 e. The number of amides is 1. The lowest BCUT2D eigenvalue weighted by molar-refractivity contribution is -0.151. The molecule has 2 aromatic rings. The van der Waals surface area contributed by atoms with Crippen LogP contribution in [0.15, 0.2) is 59.5 Å². The van der Waals surface area contributed by atoms with E-state index < -0.39 is 34.5 Å². The summed E-state index contributed by atoms with van der Waals surface area (Å²) >= 11 is 0. The first-order valence-corrected chi connectivity index (χ1v) is 9.94. The predicted octanol–water partition coefficient (Wildman–Crippen LogP) is 2.10. The zero-order valence-electron chi connectivity index (χ0n) is 15.1. The SMILES string of the molecule is CCc1ccc(NC(=O)[C@H](C)OC(=O)CNS(=O)(=O)c2ccccc2)cc1. The Morgan fingerprint density at radius 3 is 2.26 bits per heavy atom. The van der Waals surface area contributed by atoms with Gasteiger partial charge in [-0.3, -0.25) is 9.59 Å². The van der Waals surface area contributed by atoms with Gasteiger partial charge in [0.15, 0.2) is 6.10 Å². The molecule has 1 atom stereocenters. The third-order valence-electron chi connectivity index (χ3n) is 3.77. The van der Waals surface area contributed by atoms with E-state index in [1.807, 2.05) is 19.1 Å². The van der Waals surface area contributed by atoms with Gasteiger partial charge in [-0.15, -0.1) is 0 Å². The van der Waals surface area contributed by atoms with Gasteiger partial charge in [0.05, 0.1) is 4.90 Å². The van der Waals surface area contributed by atoms with E-state index in [0.717, 1.165) is 12.0 Å². The van der Waals surface area contributed by atoms with Gasteiger partial charge in [-0.05, 0) is 43.2 Å². The quantitative estimate of drug-likeness (QED) is 0.672. The van der Waals surface area contributed by atoms with Crippen LogP contribution in [-0.4, -0.2) is 32.9 Å². The van der Waals surface area contributed by atoms with Gasteiger partial charge in [-0.2, -0.15) is 4.72 Å². The Balaban J connectivity index is 1.84. The number of carbonyl (C=O) groups is 2. The molecule has 7 nitrogen and oxygen atoms in total. The highest BCUT2D eigenvalue weighted by Gasteiger charge is 2.20. The van der Waals surface area contributed by atoms with Gasteiger partial charge in [0.25, 0.3) is 5.91 Å². The molecule has 2 rings (SSSR count). The molecule has 2 aromatic carbocycles. The maximum Gasteiger partial charge on any atom is 0.321 e. The number of hydrogen-bond acceptors (Lipinski definition) is 5. The second kappa shape index (κ2) is 9.29. The molecule has 144 valence electrons. The average molecular weight is 390 g/mol. The van der Waals surface area contributed by atoms with Crippen molar-refractivity contribution in [2.45, 2.75) is 31.3 Å². The predicted molar refractivity (Wildman–Crippen MR) is 102 cm³/mol. The van der Waals surface area contributed by atoms with Crippen LogP contribution in [0.25, 0.3) is 0 Å². The average Bonchev–Trinajstić information content (AvgIpc) is 2.67. The van der Waals surface area contributed by atoms with Crippen molar-refractivity contribution >= 4 is 27.6 Å². The summed E-state index contributed by atoms with van der Waals surface area (Å²) in [5.74, 6) is -1.35. The molecule has 0 aromatic heterocycles. The van der Waals surface area contributed by atoms with E-state index in [1.54, 1.807) is 30.3 Å². The van der Waals surface area contributed by atoms with E-state index in [2.05, 4.69) is 10.0 Å². The van der Waals surface area contributed by atoms with Crippen LogP contribution in [0, 0.1) is 0 Å². The highest BCUT2D eigenvalue weighted by atomic mass is 32.2. The van der Waals surface area contributed by atoms with E-state index >= 15 is 0 Å². The molecular formula is C19H22N2O5S. The van der Waals surface area contributed by atoms with Crippen LogP contribution in [0.5, 0.6) is 0 Å². The lowest BCUT2D eigenvalue weighted by Crippen LogP contribution is -2.35. The van der Waals surface area contributed by atoms with Crippen molar-refractivity contribution in [3.05, 3.63) is 60.2 Å². The summed E-state index contributed by atoms with van der Waals surface area (Å²) in [6, 6.07) is 15.0. The number of ether oxygens (including phenoxy) is 1. The van der Waals surface area contributed by atoms with Gasteiger partial charge in [0.2, 0.25) is 10.0 Å². The van der Waals surface area contributed by atoms with Gasteiger partial charge in [-0.25, -0.2) is 8.42 Å². The number of anilines is 1.